The van der Waals surface area contributed by atoms with E-state index in [1.165, 1.54) is 31.2 Å². The first kappa shape index (κ1) is 13.2. The normalized spacial score (nSPS) is 18.6. The second-order valence-corrected chi connectivity index (χ2v) is 5.90. The summed E-state index contributed by atoms with van der Waals surface area (Å²) in [5, 5.41) is 4.12. The van der Waals surface area contributed by atoms with Crippen LogP contribution in [0, 0.1) is 5.92 Å². The van der Waals surface area contributed by atoms with Crippen molar-refractivity contribution in [3.63, 3.8) is 0 Å². The van der Waals surface area contributed by atoms with E-state index in [4.69, 9.17) is 21.1 Å². The molecule has 3 nitrogen and oxygen atoms in total. The van der Waals surface area contributed by atoms with Crippen LogP contribution in [0.15, 0.2) is 18.2 Å². The predicted molar refractivity (Wildman–Crippen MR) is 75.5 cm³/mol. The number of ether oxygens (including phenoxy) is 2. The molecule has 0 radical (unpaired) electrons. The molecule has 19 heavy (non-hydrogen) atoms. The summed E-state index contributed by atoms with van der Waals surface area (Å²) >= 11 is 6.21. The Labute approximate surface area is 119 Å². The van der Waals surface area contributed by atoms with Crippen LogP contribution in [0.3, 0.4) is 0 Å². The van der Waals surface area contributed by atoms with Crippen LogP contribution in [0.5, 0.6) is 5.75 Å². The molecule has 0 saturated heterocycles. The Hall–Kier alpha value is -0.770. The molecule has 3 rings (SSSR count). The number of hydrogen-bond donors (Lipinski definition) is 1. The summed E-state index contributed by atoms with van der Waals surface area (Å²) < 4.78 is 11.0. The molecule has 0 aromatic heterocycles. The maximum Gasteiger partial charge on any atom is 0.189 e. The molecule has 1 aromatic carbocycles. The van der Waals surface area contributed by atoms with Crippen molar-refractivity contribution < 1.29 is 9.47 Å². The van der Waals surface area contributed by atoms with Gasteiger partial charge in [-0.15, -0.1) is 0 Å². The van der Waals surface area contributed by atoms with Gasteiger partial charge in [0.15, 0.2) is 6.79 Å². The van der Waals surface area contributed by atoms with Crippen LogP contribution in [0.1, 0.15) is 31.2 Å². The maximum atomic E-state index is 6.21. The molecule has 2 fully saturated rings. The van der Waals surface area contributed by atoms with Crippen molar-refractivity contribution in [3.05, 3.63) is 28.8 Å². The van der Waals surface area contributed by atoms with E-state index in [1.54, 1.807) is 0 Å². The fourth-order valence-electron chi connectivity index (χ4n) is 1.93. The molecule has 2 aliphatic carbocycles. The average Bonchev–Trinajstić information content (AvgIpc) is 3.27. The molecular weight excluding hydrogens is 262 g/mol. The summed E-state index contributed by atoms with van der Waals surface area (Å²) in [7, 11) is 0. The summed E-state index contributed by atoms with van der Waals surface area (Å²) in [4.78, 5) is 0. The Bertz CT molecular complexity index is 430. The number of rotatable bonds is 8. The Kier molecular flexibility index (Phi) is 4.26. The first-order chi connectivity index (χ1) is 9.31. The summed E-state index contributed by atoms with van der Waals surface area (Å²) in [5.41, 5.74) is 1.20. The number of nitrogens with one attached hydrogen (secondary N) is 1. The van der Waals surface area contributed by atoms with Gasteiger partial charge in [0.05, 0.1) is 11.6 Å². The first-order valence-electron chi connectivity index (χ1n) is 7.03. The Morgan fingerprint density at radius 1 is 1.21 bits per heavy atom. The summed E-state index contributed by atoms with van der Waals surface area (Å²) in [6.07, 6.45) is 5.19. The standard InChI is InChI=1S/C15H20ClNO2/c16-14-7-12(8-17-13-4-5-13)3-6-15(14)19-10-18-9-11-1-2-11/h3,6-7,11,13,17H,1-2,4-5,8-10H2. The second-order valence-electron chi connectivity index (χ2n) is 5.50. The zero-order valence-electron chi connectivity index (χ0n) is 11.0. The fourth-order valence-corrected chi connectivity index (χ4v) is 2.18. The molecule has 4 heteroatoms. The van der Waals surface area contributed by atoms with Crippen LogP contribution in [0.2, 0.25) is 5.02 Å². The first-order valence-corrected chi connectivity index (χ1v) is 7.41. The smallest absolute Gasteiger partial charge is 0.189 e. The van der Waals surface area contributed by atoms with Gasteiger partial charge in [0.25, 0.3) is 0 Å². The quantitative estimate of drug-likeness (QED) is 0.585. The van der Waals surface area contributed by atoms with Gasteiger partial charge < -0.3 is 14.8 Å². The monoisotopic (exact) mass is 281 g/mol. The topological polar surface area (TPSA) is 30.5 Å². The molecule has 0 heterocycles. The van der Waals surface area contributed by atoms with E-state index < -0.39 is 0 Å². The summed E-state index contributed by atoms with van der Waals surface area (Å²) in [5.74, 6) is 1.46. The van der Waals surface area contributed by atoms with E-state index in [0.29, 0.717) is 16.8 Å². The minimum absolute atomic E-state index is 0.288. The van der Waals surface area contributed by atoms with Crippen molar-refractivity contribution >= 4 is 11.6 Å². The Morgan fingerprint density at radius 2 is 2.05 bits per heavy atom. The number of hydrogen-bond acceptors (Lipinski definition) is 3. The number of halogens is 1. The Morgan fingerprint density at radius 3 is 2.74 bits per heavy atom. The average molecular weight is 282 g/mol. The van der Waals surface area contributed by atoms with Gasteiger partial charge in [-0.2, -0.15) is 0 Å². The minimum Gasteiger partial charge on any atom is -0.466 e. The van der Waals surface area contributed by atoms with Crippen LogP contribution in [0.4, 0.5) is 0 Å². The molecule has 0 spiro atoms. The third kappa shape index (κ3) is 4.37. The SMILES string of the molecule is Clc1cc(CNC2CC2)ccc1OCOCC1CC1. The highest BCUT2D eigenvalue weighted by Crippen LogP contribution is 2.29. The lowest BCUT2D eigenvalue weighted by Crippen LogP contribution is -2.15. The van der Waals surface area contributed by atoms with E-state index in [1.807, 2.05) is 12.1 Å². The van der Waals surface area contributed by atoms with Gasteiger partial charge in [0.1, 0.15) is 5.75 Å². The van der Waals surface area contributed by atoms with Crippen molar-refractivity contribution in [2.24, 2.45) is 5.92 Å². The maximum absolute atomic E-state index is 6.21. The summed E-state index contributed by atoms with van der Waals surface area (Å²) in [6.45, 7) is 1.97. The minimum atomic E-state index is 0.288. The molecule has 0 bridgehead atoms. The van der Waals surface area contributed by atoms with Crippen LogP contribution in [0.25, 0.3) is 0 Å². The molecule has 0 amide bonds. The van der Waals surface area contributed by atoms with Gasteiger partial charge in [-0.3, -0.25) is 0 Å². The van der Waals surface area contributed by atoms with Crippen LogP contribution < -0.4 is 10.1 Å². The van der Waals surface area contributed by atoms with Crippen LogP contribution in [-0.2, 0) is 11.3 Å². The van der Waals surface area contributed by atoms with Crippen LogP contribution in [-0.4, -0.2) is 19.4 Å². The van der Waals surface area contributed by atoms with Crippen LogP contribution >= 0.6 is 11.6 Å². The molecule has 104 valence electrons. The van der Waals surface area contributed by atoms with Crippen molar-refractivity contribution in [1.29, 1.82) is 0 Å². The van der Waals surface area contributed by atoms with Crippen molar-refractivity contribution in [1.82, 2.24) is 5.32 Å². The predicted octanol–water partition coefficient (Wildman–Crippen LogP) is 3.35. The van der Waals surface area contributed by atoms with Crippen molar-refractivity contribution in [2.45, 2.75) is 38.3 Å². The molecule has 0 atom stereocenters. The highest BCUT2D eigenvalue weighted by Gasteiger charge is 2.21. The fraction of sp³-hybridized carbons (Fsp3) is 0.600. The largest absolute Gasteiger partial charge is 0.466 e. The lowest BCUT2D eigenvalue weighted by atomic mass is 10.2. The molecule has 0 unspecified atom stereocenters. The van der Waals surface area contributed by atoms with Gasteiger partial charge in [0.2, 0.25) is 0 Å². The zero-order chi connectivity index (χ0) is 13.1. The zero-order valence-corrected chi connectivity index (χ0v) is 11.8. The molecule has 0 aliphatic heterocycles. The molecular formula is C15H20ClNO2. The van der Waals surface area contributed by atoms with E-state index in [9.17, 15) is 0 Å². The molecule has 1 aromatic rings. The van der Waals surface area contributed by atoms with E-state index >= 15 is 0 Å². The van der Waals surface area contributed by atoms with Crippen molar-refractivity contribution in [2.75, 3.05) is 13.4 Å². The lowest BCUT2D eigenvalue weighted by molar-refractivity contribution is 0.0100. The highest BCUT2D eigenvalue weighted by molar-refractivity contribution is 6.32. The van der Waals surface area contributed by atoms with E-state index in [-0.39, 0.29) is 6.79 Å². The van der Waals surface area contributed by atoms with Gasteiger partial charge in [0, 0.05) is 12.6 Å². The lowest BCUT2D eigenvalue weighted by Gasteiger charge is -2.10. The highest BCUT2D eigenvalue weighted by atomic mass is 35.5. The molecule has 2 saturated carbocycles. The van der Waals surface area contributed by atoms with Gasteiger partial charge in [-0.25, -0.2) is 0 Å². The van der Waals surface area contributed by atoms with Gasteiger partial charge in [-0.1, -0.05) is 17.7 Å². The molecule has 1 N–H and O–H groups in total. The van der Waals surface area contributed by atoms with Crippen molar-refractivity contribution in [3.8, 4) is 5.75 Å². The van der Waals surface area contributed by atoms with Gasteiger partial charge in [-0.05, 0) is 49.3 Å². The third-order valence-corrected chi connectivity index (χ3v) is 3.81. The van der Waals surface area contributed by atoms with E-state index in [2.05, 4.69) is 11.4 Å². The number of benzene rings is 1. The second kappa shape index (κ2) is 6.12. The summed E-state index contributed by atoms with van der Waals surface area (Å²) in [6, 6.07) is 6.66. The Balaban J connectivity index is 1.43. The third-order valence-electron chi connectivity index (χ3n) is 3.52. The van der Waals surface area contributed by atoms with Gasteiger partial charge >= 0.3 is 0 Å². The van der Waals surface area contributed by atoms with E-state index in [0.717, 1.165) is 19.1 Å². The molecule has 2 aliphatic rings.